The summed E-state index contributed by atoms with van der Waals surface area (Å²) in [4.78, 5) is 22.7. The number of carbonyl (C=O) groups is 2. The number of aromatic nitrogens is 2. The van der Waals surface area contributed by atoms with E-state index in [1.807, 2.05) is 0 Å². The normalized spacial score (nSPS) is 23.2. The molecule has 0 spiro atoms. The van der Waals surface area contributed by atoms with E-state index in [0.717, 1.165) is 6.39 Å². The third kappa shape index (κ3) is 1.71. The van der Waals surface area contributed by atoms with Crippen molar-refractivity contribution in [3.63, 3.8) is 0 Å². The number of primary amides is 2. The van der Waals surface area contributed by atoms with Crippen LogP contribution in [0.5, 0.6) is 0 Å². The molecule has 1 aromatic rings. The number of amides is 2. The molecule has 4 N–H and O–H groups in total. The van der Waals surface area contributed by atoms with Gasteiger partial charge in [-0.1, -0.05) is 18.2 Å². The van der Waals surface area contributed by atoms with Crippen molar-refractivity contribution in [2.24, 2.45) is 11.5 Å². The summed E-state index contributed by atoms with van der Waals surface area (Å²) < 4.78 is 5.01. The third-order valence-corrected chi connectivity index (χ3v) is 2.65. The predicted octanol–water partition coefficient (Wildman–Crippen LogP) is -0.836. The van der Waals surface area contributed by atoms with Gasteiger partial charge in [-0.3, -0.25) is 9.59 Å². The van der Waals surface area contributed by atoms with Crippen LogP contribution in [0.25, 0.3) is 0 Å². The molecule has 88 valence electrons. The summed E-state index contributed by atoms with van der Waals surface area (Å²) >= 11 is 0. The Balaban J connectivity index is 2.47. The van der Waals surface area contributed by atoms with Crippen molar-refractivity contribution in [1.82, 2.24) is 10.2 Å². The molecule has 2 amide bonds. The minimum absolute atomic E-state index is 0.0242. The van der Waals surface area contributed by atoms with Gasteiger partial charge in [-0.2, -0.15) is 0 Å². The minimum Gasteiger partial charge on any atom is -0.426 e. The number of carbonyl (C=O) groups excluding carboxylic acids is 2. The lowest BCUT2D eigenvalue weighted by molar-refractivity contribution is -0.122. The average molecular weight is 234 g/mol. The van der Waals surface area contributed by atoms with E-state index in [0.29, 0.717) is 0 Å². The summed E-state index contributed by atoms with van der Waals surface area (Å²) in [6.45, 7) is 0. The van der Waals surface area contributed by atoms with Crippen LogP contribution in [0.1, 0.15) is 12.3 Å². The predicted molar refractivity (Wildman–Crippen MR) is 56.2 cm³/mol. The molecule has 17 heavy (non-hydrogen) atoms. The van der Waals surface area contributed by atoms with E-state index in [1.54, 1.807) is 0 Å². The molecule has 0 aromatic carbocycles. The van der Waals surface area contributed by atoms with E-state index >= 15 is 0 Å². The van der Waals surface area contributed by atoms with Gasteiger partial charge in [0.1, 0.15) is 5.41 Å². The number of rotatable bonds is 3. The van der Waals surface area contributed by atoms with E-state index in [2.05, 4.69) is 10.2 Å². The largest absolute Gasteiger partial charge is 0.426 e. The van der Waals surface area contributed by atoms with Crippen LogP contribution in [0.2, 0.25) is 0 Å². The molecule has 7 heteroatoms. The zero-order valence-electron chi connectivity index (χ0n) is 8.79. The van der Waals surface area contributed by atoms with Gasteiger partial charge in [0.15, 0.2) is 0 Å². The Hall–Kier alpha value is -2.44. The van der Waals surface area contributed by atoms with Gasteiger partial charge in [-0.15, -0.1) is 10.2 Å². The Labute approximate surface area is 96.2 Å². The van der Waals surface area contributed by atoms with Gasteiger partial charge in [0, 0.05) is 12.0 Å². The molecule has 0 saturated carbocycles. The lowest BCUT2D eigenvalue weighted by Gasteiger charge is -2.25. The average Bonchev–Trinajstić information content (AvgIpc) is 2.82. The maximum atomic E-state index is 11.6. The number of nitrogens with zero attached hydrogens (tertiary/aromatic N) is 2. The Kier molecular flexibility index (Phi) is 2.51. The van der Waals surface area contributed by atoms with Gasteiger partial charge in [0.2, 0.25) is 24.1 Å². The van der Waals surface area contributed by atoms with E-state index in [1.165, 1.54) is 18.2 Å². The van der Waals surface area contributed by atoms with Crippen LogP contribution in [0.15, 0.2) is 34.6 Å². The maximum absolute atomic E-state index is 11.6. The highest BCUT2D eigenvalue weighted by molar-refractivity contribution is 5.96. The third-order valence-electron chi connectivity index (χ3n) is 2.65. The van der Waals surface area contributed by atoms with Crippen LogP contribution in [0, 0.1) is 0 Å². The van der Waals surface area contributed by atoms with Gasteiger partial charge in [0.25, 0.3) is 0 Å². The van der Waals surface area contributed by atoms with Crippen LogP contribution < -0.4 is 11.5 Å². The van der Waals surface area contributed by atoms with E-state index in [4.69, 9.17) is 15.9 Å². The summed E-state index contributed by atoms with van der Waals surface area (Å²) in [6.07, 6.45) is 5.69. The highest BCUT2D eigenvalue weighted by Gasteiger charge is 2.43. The zero-order valence-corrected chi connectivity index (χ0v) is 8.79. The van der Waals surface area contributed by atoms with E-state index in [9.17, 15) is 9.59 Å². The molecule has 0 fully saturated rings. The van der Waals surface area contributed by atoms with Crippen molar-refractivity contribution in [2.45, 2.75) is 11.8 Å². The lowest BCUT2D eigenvalue weighted by atomic mass is 9.77. The molecule has 2 rings (SSSR count). The lowest BCUT2D eigenvalue weighted by Crippen LogP contribution is -2.42. The summed E-state index contributed by atoms with van der Waals surface area (Å²) in [6, 6.07) is 0. The zero-order chi connectivity index (χ0) is 12.5. The van der Waals surface area contributed by atoms with E-state index < -0.39 is 17.2 Å². The van der Waals surface area contributed by atoms with Gasteiger partial charge in [-0.05, 0) is 0 Å². The van der Waals surface area contributed by atoms with Crippen molar-refractivity contribution < 1.29 is 14.0 Å². The first-order chi connectivity index (χ1) is 8.06. The van der Waals surface area contributed by atoms with Gasteiger partial charge < -0.3 is 15.9 Å². The van der Waals surface area contributed by atoms with Crippen molar-refractivity contribution in [3.8, 4) is 0 Å². The van der Waals surface area contributed by atoms with Crippen molar-refractivity contribution in [3.05, 3.63) is 36.1 Å². The quantitative estimate of drug-likeness (QED) is 0.705. The van der Waals surface area contributed by atoms with Crippen molar-refractivity contribution in [1.29, 1.82) is 0 Å². The summed E-state index contributed by atoms with van der Waals surface area (Å²) in [7, 11) is 0. The first kappa shape index (κ1) is 11.1. The number of nitrogens with two attached hydrogens (primary N) is 2. The number of allylic oxidation sites excluding steroid dienone is 2. The maximum Gasteiger partial charge on any atom is 0.244 e. The SMILES string of the molecule is NC(=O)C1=CC=CC(C(N)=O)(c2nnco2)C1. The molecule has 0 radical (unpaired) electrons. The monoisotopic (exact) mass is 234 g/mol. The minimum atomic E-state index is -1.30. The fraction of sp³-hybridized carbons (Fsp3) is 0.200. The van der Waals surface area contributed by atoms with Crippen molar-refractivity contribution in [2.75, 3.05) is 0 Å². The molecule has 0 aliphatic heterocycles. The van der Waals surface area contributed by atoms with Gasteiger partial charge in [0.05, 0.1) is 0 Å². The van der Waals surface area contributed by atoms with Crippen LogP contribution in [0.3, 0.4) is 0 Å². The number of hydrogen-bond acceptors (Lipinski definition) is 5. The van der Waals surface area contributed by atoms with Gasteiger partial charge >= 0.3 is 0 Å². The second-order valence-electron chi connectivity index (χ2n) is 3.67. The highest BCUT2D eigenvalue weighted by atomic mass is 16.4. The molecule has 1 aliphatic rings. The standard InChI is InChI=1S/C10H10N4O3/c11-7(15)6-2-1-3-10(4-6,8(12)16)9-14-13-5-17-9/h1-3,5H,4H2,(H2,11,15)(H2,12,16). The fourth-order valence-corrected chi connectivity index (χ4v) is 1.71. The Bertz CT molecular complexity index is 518. The Morgan fingerprint density at radius 1 is 1.41 bits per heavy atom. The smallest absolute Gasteiger partial charge is 0.244 e. The molecule has 1 unspecified atom stereocenters. The Morgan fingerprint density at radius 2 is 2.18 bits per heavy atom. The molecule has 0 saturated heterocycles. The molecule has 1 aromatic heterocycles. The summed E-state index contributed by atoms with van der Waals surface area (Å²) in [5, 5.41) is 7.18. The highest BCUT2D eigenvalue weighted by Crippen LogP contribution is 2.34. The van der Waals surface area contributed by atoms with Gasteiger partial charge in [-0.25, -0.2) is 0 Å². The summed E-state index contributed by atoms with van der Waals surface area (Å²) in [5.41, 5.74) is 9.53. The number of hydrogen-bond donors (Lipinski definition) is 2. The molecular weight excluding hydrogens is 224 g/mol. The topological polar surface area (TPSA) is 125 Å². The molecule has 0 bridgehead atoms. The molecule has 1 heterocycles. The summed E-state index contributed by atoms with van der Waals surface area (Å²) in [5.74, 6) is -1.24. The molecular formula is C10H10N4O3. The second-order valence-corrected chi connectivity index (χ2v) is 3.67. The Morgan fingerprint density at radius 3 is 2.71 bits per heavy atom. The van der Waals surface area contributed by atoms with Crippen LogP contribution in [0.4, 0.5) is 0 Å². The van der Waals surface area contributed by atoms with Crippen molar-refractivity contribution >= 4 is 11.8 Å². The second kappa shape index (κ2) is 3.85. The van der Waals surface area contributed by atoms with Crippen LogP contribution >= 0.6 is 0 Å². The molecule has 7 nitrogen and oxygen atoms in total. The van der Waals surface area contributed by atoms with E-state index in [-0.39, 0.29) is 17.9 Å². The van der Waals surface area contributed by atoms with Crippen LogP contribution in [-0.2, 0) is 15.0 Å². The first-order valence-electron chi connectivity index (χ1n) is 4.81. The van der Waals surface area contributed by atoms with Crippen LogP contribution in [-0.4, -0.2) is 22.0 Å². The first-order valence-corrected chi connectivity index (χ1v) is 4.81. The molecule has 1 aliphatic carbocycles. The molecule has 1 atom stereocenters. The fourth-order valence-electron chi connectivity index (χ4n) is 1.71.